The van der Waals surface area contributed by atoms with Crippen LogP contribution >= 0.6 is 11.6 Å². The first kappa shape index (κ1) is 25.0. The van der Waals surface area contributed by atoms with E-state index in [1.165, 1.54) is 20.2 Å². The molecular formula is C23H27ClN6O4. The summed E-state index contributed by atoms with van der Waals surface area (Å²) in [6.45, 7) is 2.42. The molecule has 3 rings (SSSR count). The molecule has 180 valence electrons. The van der Waals surface area contributed by atoms with Crippen molar-refractivity contribution in [3.63, 3.8) is 0 Å². The fraction of sp³-hybridized carbons (Fsp3) is 0.304. The Hall–Kier alpha value is -3.63. The van der Waals surface area contributed by atoms with E-state index in [2.05, 4.69) is 10.1 Å². The number of carbonyl (C=O) groups excluding carboxylic acids is 1. The number of nitrogens with two attached hydrogens (primary N) is 1. The molecule has 0 saturated carbocycles. The Morgan fingerprint density at radius 1 is 1.29 bits per heavy atom. The number of aryl methyl sites for hydroxylation is 2. The molecule has 2 heterocycles. The Labute approximate surface area is 201 Å². The number of ether oxygens (including phenoxy) is 1. The molecule has 2 aromatic heterocycles. The van der Waals surface area contributed by atoms with Crippen molar-refractivity contribution in [2.45, 2.75) is 19.9 Å². The molecule has 3 aromatic rings. The van der Waals surface area contributed by atoms with Crippen molar-refractivity contribution in [3.8, 4) is 0 Å². The van der Waals surface area contributed by atoms with Gasteiger partial charge in [-0.1, -0.05) is 41.9 Å². The molecule has 0 aliphatic rings. The van der Waals surface area contributed by atoms with Crippen LogP contribution in [0.2, 0.25) is 5.15 Å². The van der Waals surface area contributed by atoms with Crippen molar-refractivity contribution in [2.75, 3.05) is 30.9 Å². The number of methoxy groups -OCH3 is 1. The quantitative estimate of drug-likeness (QED) is 0.351. The molecule has 0 bridgehead atoms. The Morgan fingerprint density at radius 2 is 2.00 bits per heavy atom. The highest BCUT2D eigenvalue weighted by Crippen LogP contribution is 2.22. The maximum absolute atomic E-state index is 13.2. The summed E-state index contributed by atoms with van der Waals surface area (Å²) in [5, 5.41) is 4.60. The minimum Gasteiger partial charge on any atom is -0.385 e. The van der Waals surface area contributed by atoms with Gasteiger partial charge in [0.25, 0.3) is 11.5 Å². The van der Waals surface area contributed by atoms with Crippen molar-refractivity contribution in [3.05, 3.63) is 79.2 Å². The van der Waals surface area contributed by atoms with Crippen LogP contribution in [0.1, 0.15) is 23.2 Å². The van der Waals surface area contributed by atoms with Crippen molar-refractivity contribution >= 4 is 35.1 Å². The van der Waals surface area contributed by atoms with E-state index in [-0.39, 0.29) is 24.6 Å². The zero-order chi connectivity index (χ0) is 24.8. The Bertz CT molecular complexity index is 1310. The molecule has 0 aliphatic carbocycles. The van der Waals surface area contributed by atoms with Gasteiger partial charge in [-0.25, -0.2) is 4.79 Å². The highest BCUT2D eigenvalue weighted by molar-refractivity contribution is 6.31. The van der Waals surface area contributed by atoms with E-state index in [1.54, 1.807) is 27.2 Å². The number of hydrogen-bond donors (Lipinski definition) is 2. The van der Waals surface area contributed by atoms with Gasteiger partial charge in [0.05, 0.1) is 12.2 Å². The average Bonchev–Trinajstić information content (AvgIpc) is 3.05. The third kappa shape index (κ3) is 5.46. The van der Waals surface area contributed by atoms with Crippen LogP contribution in [0.15, 0.2) is 46.0 Å². The fourth-order valence-corrected chi connectivity index (χ4v) is 3.78. The van der Waals surface area contributed by atoms with Crippen LogP contribution in [-0.2, 0) is 23.1 Å². The van der Waals surface area contributed by atoms with E-state index in [4.69, 9.17) is 22.1 Å². The first-order valence-electron chi connectivity index (χ1n) is 10.6. The molecule has 10 nitrogen and oxygen atoms in total. The number of carbonyl (C=O) groups is 1. The van der Waals surface area contributed by atoms with Crippen LogP contribution in [-0.4, -0.2) is 45.5 Å². The van der Waals surface area contributed by atoms with E-state index >= 15 is 0 Å². The van der Waals surface area contributed by atoms with Crippen LogP contribution in [0.4, 0.5) is 11.5 Å². The molecular weight excluding hydrogens is 460 g/mol. The lowest BCUT2D eigenvalue weighted by molar-refractivity contribution is -0.114. The number of nitrogens with one attached hydrogen (secondary N) is 1. The standard InChI is InChI=1S/C23H27ClN6O4/c1-15-17(20(24)28(2)27-15)10-11-18(31)29(12-7-13-34-3)19-21(25)30(23(33)26-22(19)32)14-16-8-5-4-6-9-16/h4-6,8-11H,7,12-14,25H2,1-3H3,(H,26,32,33)/b11-10+. The lowest BCUT2D eigenvalue weighted by Crippen LogP contribution is -2.41. The average molecular weight is 487 g/mol. The largest absolute Gasteiger partial charge is 0.385 e. The van der Waals surface area contributed by atoms with Crippen LogP contribution in [0, 0.1) is 6.92 Å². The van der Waals surface area contributed by atoms with Gasteiger partial charge < -0.3 is 15.4 Å². The highest BCUT2D eigenvalue weighted by Gasteiger charge is 2.23. The number of hydrogen-bond acceptors (Lipinski definition) is 6. The Morgan fingerprint density at radius 3 is 2.62 bits per heavy atom. The monoisotopic (exact) mass is 486 g/mol. The number of aromatic nitrogens is 4. The summed E-state index contributed by atoms with van der Waals surface area (Å²) in [5.41, 5.74) is 6.83. The molecule has 34 heavy (non-hydrogen) atoms. The van der Waals surface area contributed by atoms with E-state index in [0.29, 0.717) is 29.4 Å². The van der Waals surface area contributed by atoms with Gasteiger partial charge in [0, 0.05) is 38.9 Å². The van der Waals surface area contributed by atoms with Gasteiger partial charge in [0.1, 0.15) is 11.0 Å². The molecule has 0 atom stereocenters. The zero-order valence-electron chi connectivity index (χ0n) is 19.2. The predicted octanol–water partition coefficient (Wildman–Crippen LogP) is 1.95. The van der Waals surface area contributed by atoms with Crippen LogP contribution in [0.25, 0.3) is 6.08 Å². The summed E-state index contributed by atoms with van der Waals surface area (Å²) >= 11 is 6.26. The van der Waals surface area contributed by atoms with Gasteiger partial charge in [-0.2, -0.15) is 5.10 Å². The van der Waals surface area contributed by atoms with Crippen LogP contribution in [0.5, 0.6) is 0 Å². The molecule has 0 radical (unpaired) electrons. The maximum Gasteiger partial charge on any atom is 0.330 e. The molecule has 3 N–H and O–H groups in total. The second-order valence-corrected chi connectivity index (χ2v) is 8.01. The zero-order valence-corrected chi connectivity index (χ0v) is 20.0. The Balaban J connectivity index is 2.03. The van der Waals surface area contributed by atoms with Crippen molar-refractivity contribution < 1.29 is 9.53 Å². The molecule has 0 fully saturated rings. The molecule has 1 amide bonds. The van der Waals surface area contributed by atoms with E-state index in [9.17, 15) is 14.4 Å². The second kappa shape index (κ2) is 11.0. The molecule has 0 unspecified atom stereocenters. The van der Waals surface area contributed by atoms with E-state index in [0.717, 1.165) is 5.56 Å². The number of H-pyrrole nitrogens is 1. The molecule has 0 saturated heterocycles. The lowest BCUT2D eigenvalue weighted by atomic mass is 10.2. The second-order valence-electron chi connectivity index (χ2n) is 7.65. The van der Waals surface area contributed by atoms with Gasteiger partial charge in [0.15, 0.2) is 5.69 Å². The lowest BCUT2D eigenvalue weighted by Gasteiger charge is -2.23. The summed E-state index contributed by atoms with van der Waals surface area (Å²) in [5.74, 6) is -0.607. The Kier molecular flexibility index (Phi) is 8.08. The summed E-state index contributed by atoms with van der Waals surface area (Å²) in [6, 6.07) is 9.19. The van der Waals surface area contributed by atoms with Gasteiger partial charge in [0.2, 0.25) is 0 Å². The number of halogens is 1. The van der Waals surface area contributed by atoms with Gasteiger partial charge in [-0.3, -0.25) is 23.8 Å². The predicted molar refractivity (Wildman–Crippen MR) is 132 cm³/mol. The number of anilines is 2. The van der Waals surface area contributed by atoms with Gasteiger partial charge in [-0.05, 0) is 25.0 Å². The van der Waals surface area contributed by atoms with Crippen LogP contribution in [0.3, 0.4) is 0 Å². The van der Waals surface area contributed by atoms with Crippen LogP contribution < -0.4 is 21.9 Å². The van der Waals surface area contributed by atoms with Crippen molar-refractivity contribution in [2.24, 2.45) is 7.05 Å². The number of aromatic amines is 1. The minimum absolute atomic E-state index is 0.102. The van der Waals surface area contributed by atoms with E-state index < -0.39 is 17.2 Å². The SMILES string of the molecule is COCCCN(C(=O)/C=C/c1c(C)nn(C)c1Cl)c1c(N)n(Cc2ccccc2)c(=O)[nH]c1=O. The first-order chi connectivity index (χ1) is 16.2. The normalized spacial score (nSPS) is 11.3. The summed E-state index contributed by atoms with van der Waals surface area (Å²) in [6.07, 6.45) is 3.29. The van der Waals surface area contributed by atoms with Crippen molar-refractivity contribution in [1.82, 2.24) is 19.3 Å². The molecule has 0 aliphatic heterocycles. The smallest absolute Gasteiger partial charge is 0.330 e. The van der Waals surface area contributed by atoms with Gasteiger partial charge in [-0.15, -0.1) is 0 Å². The summed E-state index contributed by atoms with van der Waals surface area (Å²) in [7, 11) is 3.24. The third-order valence-electron chi connectivity index (χ3n) is 5.25. The van der Waals surface area contributed by atoms with Gasteiger partial charge >= 0.3 is 5.69 Å². The fourth-order valence-electron chi connectivity index (χ4n) is 3.54. The topological polar surface area (TPSA) is 128 Å². The number of benzene rings is 1. The van der Waals surface area contributed by atoms with E-state index in [1.807, 2.05) is 30.3 Å². The van der Waals surface area contributed by atoms with Crippen molar-refractivity contribution in [1.29, 1.82) is 0 Å². The number of nitrogens with zero attached hydrogens (tertiary/aromatic N) is 4. The summed E-state index contributed by atoms with van der Waals surface area (Å²) in [4.78, 5) is 42.1. The first-order valence-corrected chi connectivity index (χ1v) is 11.0. The number of rotatable bonds is 9. The molecule has 0 spiro atoms. The molecule has 1 aromatic carbocycles. The number of amides is 1. The maximum atomic E-state index is 13.2. The molecule has 11 heteroatoms. The third-order valence-corrected chi connectivity index (χ3v) is 5.70. The highest BCUT2D eigenvalue weighted by atomic mass is 35.5. The summed E-state index contributed by atoms with van der Waals surface area (Å²) < 4.78 is 7.83. The minimum atomic E-state index is -0.749. The number of nitrogen functional groups attached to an aromatic ring is 1.